The summed E-state index contributed by atoms with van der Waals surface area (Å²) in [5.41, 5.74) is 3.02. The zero-order chi connectivity index (χ0) is 20.5. The Morgan fingerprint density at radius 1 is 1.17 bits per heavy atom. The molecule has 0 saturated carbocycles. The van der Waals surface area contributed by atoms with Gasteiger partial charge >= 0.3 is 0 Å². The molecule has 1 N–H and O–H groups in total. The first kappa shape index (κ1) is 19.6. The van der Waals surface area contributed by atoms with Crippen LogP contribution in [0.5, 0.6) is 0 Å². The predicted octanol–water partition coefficient (Wildman–Crippen LogP) is 5.38. The summed E-state index contributed by atoms with van der Waals surface area (Å²) in [5, 5.41) is 5.92. The smallest absolute Gasteiger partial charge is 0.263 e. The van der Waals surface area contributed by atoms with Crippen LogP contribution in [0.2, 0.25) is 10.0 Å². The lowest BCUT2D eigenvalue weighted by Crippen LogP contribution is -2.27. The number of rotatable bonds is 4. The second kappa shape index (κ2) is 7.99. The number of anilines is 1. The average Bonchev–Trinajstić information content (AvgIpc) is 3.12. The molecule has 0 aliphatic heterocycles. The first-order valence-corrected chi connectivity index (χ1v) is 10.3. The van der Waals surface area contributed by atoms with Crippen molar-refractivity contribution < 1.29 is 4.79 Å². The third-order valence-electron chi connectivity index (χ3n) is 4.44. The summed E-state index contributed by atoms with van der Waals surface area (Å²) >= 11 is 13.4. The van der Waals surface area contributed by atoms with Crippen LogP contribution in [0, 0.1) is 6.92 Å². The number of carbonyl (C=O) groups excluding carboxylic acids is 1. The fraction of sp³-hybridized carbons (Fsp3) is 0.0952. The average molecular weight is 444 g/mol. The molecule has 1 amide bonds. The largest absolute Gasteiger partial charge is 0.323 e. The molecule has 0 fully saturated rings. The highest BCUT2D eigenvalue weighted by atomic mass is 35.5. The zero-order valence-corrected chi connectivity index (χ0v) is 17.6. The van der Waals surface area contributed by atoms with E-state index in [0.29, 0.717) is 25.9 Å². The number of benzene rings is 2. The van der Waals surface area contributed by atoms with Crippen molar-refractivity contribution in [1.82, 2.24) is 9.55 Å². The van der Waals surface area contributed by atoms with Gasteiger partial charge in [-0.15, -0.1) is 11.3 Å². The van der Waals surface area contributed by atoms with E-state index in [2.05, 4.69) is 10.3 Å². The van der Waals surface area contributed by atoms with Crippen LogP contribution in [0.4, 0.5) is 5.69 Å². The number of aromatic nitrogens is 2. The van der Waals surface area contributed by atoms with Crippen LogP contribution in [0.3, 0.4) is 0 Å². The normalized spacial score (nSPS) is 11.0. The van der Waals surface area contributed by atoms with E-state index in [1.54, 1.807) is 18.2 Å². The van der Waals surface area contributed by atoms with Gasteiger partial charge in [-0.25, -0.2) is 4.98 Å². The molecule has 4 rings (SSSR count). The number of thiophene rings is 1. The maximum Gasteiger partial charge on any atom is 0.263 e. The molecule has 8 heteroatoms. The summed E-state index contributed by atoms with van der Waals surface area (Å²) in [4.78, 5) is 30.5. The van der Waals surface area contributed by atoms with E-state index in [4.69, 9.17) is 23.2 Å². The maximum atomic E-state index is 13.1. The van der Waals surface area contributed by atoms with Gasteiger partial charge in [0.1, 0.15) is 11.4 Å². The molecule has 2 heterocycles. The van der Waals surface area contributed by atoms with Gasteiger partial charge in [0.2, 0.25) is 5.91 Å². The van der Waals surface area contributed by atoms with E-state index in [-0.39, 0.29) is 12.1 Å². The van der Waals surface area contributed by atoms with E-state index in [1.807, 2.05) is 36.6 Å². The summed E-state index contributed by atoms with van der Waals surface area (Å²) in [6.07, 6.45) is 1.39. The zero-order valence-electron chi connectivity index (χ0n) is 15.3. The minimum atomic E-state index is -0.399. The second-order valence-electron chi connectivity index (χ2n) is 6.55. The molecule has 4 aromatic rings. The molecule has 5 nitrogen and oxygen atoms in total. The summed E-state index contributed by atoms with van der Waals surface area (Å²) in [6, 6.07) is 12.7. The number of aryl methyl sites for hydroxylation is 1. The number of hydrogen-bond acceptors (Lipinski definition) is 4. The Balaban J connectivity index is 1.66. The number of fused-ring (bicyclic) bond motifs is 1. The molecule has 0 radical (unpaired) electrons. The van der Waals surface area contributed by atoms with Gasteiger partial charge in [-0.1, -0.05) is 53.0 Å². The van der Waals surface area contributed by atoms with Gasteiger partial charge in [0, 0.05) is 16.0 Å². The van der Waals surface area contributed by atoms with Crippen LogP contribution in [0.15, 0.2) is 59.0 Å². The lowest BCUT2D eigenvalue weighted by atomic mass is 10.1. The maximum absolute atomic E-state index is 13.1. The summed E-state index contributed by atoms with van der Waals surface area (Å²) in [5.74, 6) is -0.399. The van der Waals surface area contributed by atoms with Crippen molar-refractivity contribution in [2.75, 3.05) is 5.32 Å². The summed E-state index contributed by atoms with van der Waals surface area (Å²) in [6.45, 7) is 1.82. The highest BCUT2D eigenvalue weighted by Crippen LogP contribution is 2.30. The van der Waals surface area contributed by atoms with Crippen molar-refractivity contribution in [2.24, 2.45) is 0 Å². The van der Waals surface area contributed by atoms with Crippen LogP contribution in [0.25, 0.3) is 21.3 Å². The Bertz CT molecular complexity index is 1280. The van der Waals surface area contributed by atoms with Crippen molar-refractivity contribution in [1.29, 1.82) is 0 Å². The molecule has 2 aromatic heterocycles. The van der Waals surface area contributed by atoms with Gasteiger partial charge in [-0.05, 0) is 30.7 Å². The van der Waals surface area contributed by atoms with Gasteiger partial charge in [0.25, 0.3) is 5.56 Å². The van der Waals surface area contributed by atoms with Gasteiger partial charge in [-0.2, -0.15) is 0 Å². The standard InChI is InChI=1S/C21H15Cl2N3O2S/c1-12-2-4-13(5-3-12)15-10-29-20-19(15)21(28)26(11-24-20)9-18(27)25-17-8-14(22)6-7-16(17)23/h2-8,10-11H,9H2,1H3,(H,25,27). The molecule has 0 spiro atoms. The van der Waals surface area contributed by atoms with Crippen LogP contribution in [-0.4, -0.2) is 15.5 Å². The van der Waals surface area contributed by atoms with Gasteiger partial charge in [0.15, 0.2) is 0 Å². The van der Waals surface area contributed by atoms with E-state index < -0.39 is 5.91 Å². The minimum Gasteiger partial charge on any atom is -0.323 e. The topological polar surface area (TPSA) is 64.0 Å². The Morgan fingerprint density at radius 3 is 2.69 bits per heavy atom. The van der Waals surface area contributed by atoms with Crippen LogP contribution in [-0.2, 0) is 11.3 Å². The Hall–Kier alpha value is -2.67. The molecule has 0 saturated heterocycles. The molecule has 0 unspecified atom stereocenters. The van der Waals surface area contributed by atoms with Gasteiger partial charge < -0.3 is 5.32 Å². The van der Waals surface area contributed by atoms with Crippen molar-refractivity contribution >= 4 is 56.3 Å². The van der Waals surface area contributed by atoms with Gasteiger partial charge in [-0.3, -0.25) is 14.2 Å². The molecule has 0 aliphatic rings. The van der Waals surface area contributed by atoms with Crippen LogP contribution in [0.1, 0.15) is 5.56 Å². The van der Waals surface area contributed by atoms with Crippen molar-refractivity contribution in [2.45, 2.75) is 13.5 Å². The number of amides is 1. The molecule has 146 valence electrons. The molecule has 0 atom stereocenters. The fourth-order valence-corrected chi connectivity index (χ4v) is 4.21. The molecule has 29 heavy (non-hydrogen) atoms. The van der Waals surface area contributed by atoms with Crippen molar-refractivity contribution in [3.05, 3.63) is 80.1 Å². The van der Waals surface area contributed by atoms with E-state index >= 15 is 0 Å². The number of nitrogens with zero attached hydrogens (tertiary/aromatic N) is 2. The summed E-state index contributed by atoms with van der Waals surface area (Å²) in [7, 11) is 0. The minimum absolute atomic E-state index is 0.187. The van der Waals surface area contributed by atoms with Crippen molar-refractivity contribution in [3.8, 4) is 11.1 Å². The second-order valence-corrected chi connectivity index (χ2v) is 8.25. The molecule has 0 aliphatic carbocycles. The third-order valence-corrected chi connectivity index (χ3v) is 5.89. The van der Waals surface area contributed by atoms with Crippen LogP contribution < -0.4 is 10.9 Å². The number of halogens is 2. The van der Waals surface area contributed by atoms with E-state index in [9.17, 15) is 9.59 Å². The van der Waals surface area contributed by atoms with E-state index in [0.717, 1.165) is 16.7 Å². The highest BCUT2D eigenvalue weighted by Gasteiger charge is 2.15. The third kappa shape index (κ3) is 4.05. The first-order valence-electron chi connectivity index (χ1n) is 8.71. The Kier molecular flexibility index (Phi) is 5.41. The molecule has 2 aromatic carbocycles. The van der Waals surface area contributed by atoms with Crippen LogP contribution >= 0.6 is 34.5 Å². The quantitative estimate of drug-likeness (QED) is 0.460. The number of nitrogens with one attached hydrogen (secondary N) is 1. The summed E-state index contributed by atoms with van der Waals surface area (Å²) < 4.78 is 1.29. The lowest BCUT2D eigenvalue weighted by molar-refractivity contribution is -0.116. The Labute approximate surface area is 180 Å². The SMILES string of the molecule is Cc1ccc(-c2csc3ncn(CC(=O)Nc4cc(Cl)ccc4Cl)c(=O)c23)cc1. The predicted molar refractivity (Wildman–Crippen MR) is 119 cm³/mol. The molecular formula is C21H15Cl2N3O2S. The monoisotopic (exact) mass is 443 g/mol. The fourth-order valence-electron chi connectivity index (χ4n) is 2.96. The molecular weight excluding hydrogens is 429 g/mol. The Morgan fingerprint density at radius 2 is 1.93 bits per heavy atom. The highest BCUT2D eigenvalue weighted by molar-refractivity contribution is 7.17. The van der Waals surface area contributed by atoms with E-state index in [1.165, 1.54) is 22.2 Å². The lowest BCUT2D eigenvalue weighted by Gasteiger charge is -2.09. The molecule has 0 bridgehead atoms. The van der Waals surface area contributed by atoms with Crippen molar-refractivity contribution in [3.63, 3.8) is 0 Å². The van der Waals surface area contributed by atoms with Gasteiger partial charge in [0.05, 0.1) is 22.4 Å². The number of carbonyl (C=O) groups is 1. The first-order chi connectivity index (χ1) is 13.9. The number of hydrogen-bond donors (Lipinski definition) is 1.